The molecule has 0 aromatic carbocycles. The summed E-state index contributed by atoms with van der Waals surface area (Å²) >= 11 is 0. The predicted octanol–water partition coefficient (Wildman–Crippen LogP) is -1.30. The van der Waals surface area contributed by atoms with E-state index >= 15 is 0 Å². The van der Waals surface area contributed by atoms with Crippen molar-refractivity contribution in [2.75, 3.05) is 6.54 Å². The lowest BCUT2D eigenvalue weighted by atomic mass is 10.0. The normalized spacial score (nSPS) is 22.5. The number of aromatic amines is 1. The van der Waals surface area contributed by atoms with Crippen LogP contribution in [0.1, 0.15) is 70.9 Å². The Morgan fingerprint density at radius 2 is 1.82 bits per heavy atom. The molecular formula is C24H39N5O9. The zero-order valence-electron chi connectivity index (χ0n) is 21.5. The first-order valence-corrected chi connectivity index (χ1v) is 12.9. The van der Waals surface area contributed by atoms with Gasteiger partial charge in [-0.05, 0) is 19.3 Å². The van der Waals surface area contributed by atoms with Crippen molar-refractivity contribution in [2.45, 2.75) is 101 Å². The van der Waals surface area contributed by atoms with Gasteiger partial charge in [-0.25, -0.2) is 9.59 Å². The topological polar surface area (TPSA) is 226 Å². The minimum absolute atomic E-state index is 0.0773. The van der Waals surface area contributed by atoms with Crippen molar-refractivity contribution >= 4 is 17.8 Å². The molecule has 1 saturated heterocycles. The fraction of sp³-hybridized carbons (Fsp3) is 0.708. The van der Waals surface area contributed by atoms with Crippen LogP contribution in [0.15, 0.2) is 21.9 Å². The van der Waals surface area contributed by atoms with Crippen molar-refractivity contribution in [3.05, 3.63) is 33.1 Å². The SMILES string of the molecule is CCCCCCCNC(=O)CCCC[C@H](N)C(=O)N[C@H](C(=O)O)[C@H]1O[C@@H](n2ccc(=O)[nH]c2=O)[C@H](O)[C@@H]1O. The zero-order chi connectivity index (χ0) is 28.2. The van der Waals surface area contributed by atoms with Gasteiger partial charge >= 0.3 is 11.7 Å². The molecule has 1 aromatic heterocycles. The van der Waals surface area contributed by atoms with Crippen LogP contribution in [0.3, 0.4) is 0 Å². The van der Waals surface area contributed by atoms with Gasteiger partial charge in [0, 0.05) is 25.2 Å². The Morgan fingerprint density at radius 1 is 1.11 bits per heavy atom. The van der Waals surface area contributed by atoms with E-state index in [4.69, 9.17) is 10.5 Å². The number of unbranched alkanes of at least 4 members (excludes halogenated alkanes) is 5. The van der Waals surface area contributed by atoms with Gasteiger partial charge < -0.3 is 36.4 Å². The van der Waals surface area contributed by atoms with Crippen molar-refractivity contribution in [3.63, 3.8) is 0 Å². The summed E-state index contributed by atoms with van der Waals surface area (Å²) in [4.78, 5) is 61.6. The number of nitrogens with zero attached hydrogens (tertiary/aromatic N) is 1. The number of carboxylic acids is 1. The van der Waals surface area contributed by atoms with Crippen LogP contribution in [0.2, 0.25) is 0 Å². The maximum absolute atomic E-state index is 12.6. The standard InChI is InChI=1S/C24H39N5O9/c1-2-3-4-5-8-12-26-15(30)10-7-6-9-14(25)21(34)28-17(23(35)36)20-18(32)19(33)22(38-20)29-13-11-16(31)27-24(29)37/h11,13-14,17-20,22,32-33H,2-10,12,25H2,1H3,(H,26,30)(H,28,34)(H,35,36)(H,27,31,37)/t14-,17-,18-,19+,20+,22+/m0/s1. The van der Waals surface area contributed by atoms with Crippen LogP contribution < -0.4 is 27.6 Å². The third-order valence-electron chi connectivity index (χ3n) is 6.40. The van der Waals surface area contributed by atoms with Gasteiger partial charge in [-0.1, -0.05) is 39.0 Å². The fourth-order valence-electron chi connectivity index (χ4n) is 4.19. The van der Waals surface area contributed by atoms with Crippen LogP contribution in [0.4, 0.5) is 0 Å². The number of carbonyl (C=O) groups is 3. The van der Waals surface area contributed by atoms with Gasteiger partial charge in [-0.15, -0.1) is 0 Å². The Morgan fingerprint density at radius 3 is 2.47 bits per heavy atom. The van der Waals surface area contributed by atoms with Crippen molar-refractivity contribution < 1.29 is 34.4 Å². The van der Waals surface area contributed by atoms with Crippen molar-refractivity contribution in [1.29, 1.82) is 0 Å². The molecule has 1 aromatic rings. The van der Waals surface area contributed by atoms with Crippen LogP contribution in [0, 0.1) is 0 Å². The third kappa shape index (κ3) is 9.04. The number of aliphatic hydroxyl groups excluding tert-OH is 2. The Labute approximate surface area is 219 Å². The molecule has 14 nitrogen and oxygen atoms in total. The molecule has 1 fully saturated rings. The number of carbonyl (C=O) groups excluding carboxylic acids is 2. The summed E-state index contributed by atoms with van der Waals surface area (Å²) in [5.41, 5.74) is 4.26. The molecule has 0 unspecified atom stereocenters. The molecule has 2 rings (SSSR count). The van der Waals surface area contributed by atoms with Gasteiger partial charge in [-0.3, -0.25) is 23.9 Å². The number of ether oxygens (including phenoxy) is 1. The monoisotopic (exact) mass is 541 g/mol. The number of aromatic nitrogens is 2. The molecule has 0 radical (unpaired) electrons. The number of aliphatic hydroxyl groups is 2. The highest BCUT2D eigenvalue weighted by Crippen LogP contribution is 2.30. The number of carboxylic acid groups (broad SMARTS) is 1. The number of H-pyrrole nitrogens is 1. The smallest absolute Gasteiger partial charge is 0.330 e. The molecule has 14 heteroatoms. The minimum Gasteiger partial charge on any atom is -0.480 e. The third-order valence-corrected chi connectivity index (χ3v) is 6.40. The molecule has 1 aliphatic rings. The fourth-order valence-corrected chi connectivity index (χ4v) is 4.19. The Balaban J connectivity index is 1.83. The summed E-state index contributed by atoms with van der Waals surface area (Å²) in [6, 6.07) is -1.88. The molecule has 2 heterocycles. The zero-order valence-corrected chi connectivity index (χ0v) is 21.5. The number of rotatable bonds is 16. The molecule has 1 aliphatic heterocycles. The van der Waals surface area contributed by atoms with Crippen LogP contribution in [0.25, 0.3) is 0 Å². The van der Waals surface area contributed by atoms with E-state index in [9.17, 15) is 39.3 Å². The van der Waals surface area contributed by atoms with Gasteiger partial charge in [0.05, 0.1) is 6.04 Å². The van der Waals surface area contributed by atoms with E-state index < -0.39 is 59.7 Å². The van der Waals surface area contributed by atoms with E-state index in [1.807, 2.05) is 4.98 Å². The van der Waals surface area contributed by atoms with Crippen LogP contribution in [-0.4, -0.2) is 79.6 Å². The Bertz CT molecular complexity index is 1040. The molecule has 214 valence electrons. The maximum Gasteiger partial charge on any atom is 0.330 e. The quantitative estimate of drug-likeness (QED) is 0.122. The second kappa shape index (κ2) is 15.4. The minimum atomic E-state index is -1.79. The molecule has 2 amide bonds. The highest BCUT2D eigenvalue weighted by molar-refractivity contribution is 5.87. The van der Waals surface area contributed by atoms with Crippen LogP contribution in [-0.2, 0) is 19.1 Å². The van der Waals surface area contributed by atoms with Gasteiger partial charge in [0.2, 0.25) is 11.8 Å². The number of amides is 2. The first-order valence-electron chi connectivity index (χ1n) is 12.9. The van der Waals surface area contributed by atoms with Gasteiger partial charge in [0.25, 0.3) is 5.56 Å². The Hall–Kier alpha value is -3.07. The van der Waals surface area contributed by atoms with Crippen molar-refractivity contribution in [2.24, 2.45) is 5.73 Å². The summed E-state index contributed by atoms with van der Waals surface area (Å²) in [6.45, 7) is 2.77. The molecule has 8 N–H and O–H groups in total. The van der Waals surface area contributed by atoms with Crippen LogP contribution >= 0.6 is 0 Å². The van der Waals surface area contributed by atoms with E-state index in [1.165, 1.54) is 6.42 Å². The van der Waals surface area contributed by atoms with Gasteiger partial charge in [0.1, 0.15) is 18.3 Å². The largest absolute Gasteiger partial charge is 0.480 e. The molecule has 0 saturated carbocycles. The van der Waals surface area contributed by atoms with E-state index in [2.05, 4.69) is 17.6 Å². The summed E-state index contributed by atoms with van der Waals surface area (Å²) in [5, 5.41) is 35.5. The van der Waals surface area contributed by atoms with Gasteiger partial charge in [0.15, 0.2) is 12.3 Å². The molecule has 0 spiro atoms. The number of hydrogen-bond acceptors (Lipinski definition) is 9. The Kier molecular flexibility index (Phi) is 12.6. The maximum atomic E-state index is 12.6. The predicted molar refractivity (Wildman–Crippen MR) is 135 cm³/mol. The first-order chi connectivity index (χ1) is 18.1. The number of hydrogen-bond donors (Lipinski definition) is 7. The lowest BCUT2D eigenvalue weighted by Gasteiger charge is -2.24. The van der Waals surface area contributed by atoms with Crippen molar-refractivity contribution in [3.8, 4) is 0 Å². The average Bonchev–Trinajstić information content (AvgIpc) is 3.15. The van der Waals surface area contributed by atoms with E-state index in [0.717, 1.165) is 42.5 Å². The highest BCUT2D eigenvalue weighted by Gasteiger charge is 2.50. The molecule has 6 atom stereocenters. The lowest BCUT2D eigenvalue weighted by Crippen LogP contribution is -2.56. The molecular weight excluding hydrogens is 502 g/mol. The average molecular weight is 542 g/mol. The number of aliphatic carboxylic acids is 1. The second-order valence-corrected chi connectivity index (χ2v) is 9.43. The molecule has 38 heavy (non-hydrogen) atoms. The van der Waals surface area contributed by atoms with E-state index in [-0.39, 0.29) is 18.7 Å². The summed E-state index contributed by atoms with van der Waals surface area (Å²) < 4.78 is 6.24. The summed E-state index contributed by atoms with van der Waals surface area (Å²) in [6.07, 6.45) is 1.33. The summed E-state index contributed by atoms with van der Waals surface area (Å²) in [5.74, 6) is -2.45. The summed E-state index contributed by atoms with van der Waals surface area (Å²) in [7, 11) is 0. The van der Waals surface area contributed by atoms with E-state index in [1.54, 1.807) is 0 Å². The first kappa shape index (κ1) is 31.1. The number of nitrogens with one attached hydrogen (secondary N) is 3. The van der Waals surface area contributed by atoms with E-state index in [0.29, 0.717) is 19.4 Å². The highest BCUT2D eigenvalue weighted by atomic mass is 16.6. The molecule has 0 aliphatic carbocycles. The lowest BCUT2D eigenvalue weighted by molar-refractivity contribution is -0.149. The van der Waals surface area contributed by atoms with Crippen LogP contribution in [0.5, 0.6) is 0 Å². The van der Waals surface area contributed by atoms with Gasteiger partial charge in [-0.2, -0.15) is 0 Å². The number of nitrogens with two attached hydrogens (primary N) is 1. The van der Waals surface area contributed by atoms with Crippen molar-refractivity contribution in [1.82, 2.24) is 20.2 Å². The second-order valence-electron chi connectivity index (χ2n) is 9.43. The molecule has 0 bridgehead atoms.